The maximum atomic E-state index is 3.54. The van der Waals surface area contributed by atoms with Gasteiger partial charge in [0, 0.05) is 62.9 Å². The quantitative estimate of drug-likeness (QED) is 0.787. The molecule has 0 aromatic carbocycles. The largest absolute Gasteiger partial charge is 0.311 e. The van der Waals surface area contributed by atoms with Crippen molar-refractivity contribution in [1.82, 2.24) is 15.1 Å². The van der Waals surface area contributed by atoms with Crippen molar-refractivity contribution >= 4 is 11.8 Å². The van der Waals surface area contributed by atoms with Crippen LogP contribution in [-0.2, 0) is 0 Å². The number of nitrogens with zero attached hydrogens (tertiary/aromatic N) is 2. The number of rotatable bonds is 3. The van der Waals surface area contributed by atoms with Gasteiger partial charge >= 0.3 is 0 Å². The summed E-state index contributed by atoms with van der Waals surface area (Å²) >= 11 is 2.10. The fourth-order valence-corrected chi connectivity index (χ4v) is 3.48. The van der Waals surface area contributed by atoms with E-state index in [0.717, 1.165) is 6.54 Å². The van der Waals surface area contributed by atoms with Gasteiger partial charge in [-0.3, -0.25) is 4.90 Å². The van der Waals surface area contributed by atoms with Crippen molar-refractivity contribution in [2.75, 3.05) is 50.8 Å². The van der Waals surface area contributed by atoms with E-state index in [-0.39, 0.29) is 0 Å². The minimum absolute atomic E-state index is 0.660. The zero-order chi connectivity index (χ0) is 11.4. The van der Waals surface area contributed by atoms with Gasteiger partial charge in [-0.15, -0.1) is 0 Å². The average Bonchev–Trinajstić information content (AvgIpc) is 2.32. The van der Waals surface area contributed by atoms with Gasteiger partial charge in [-0.05, 0) is 13.8 Å². The van der Waals surface area contributed by atoms with Crippen LogP contribution >= 0.6 is 11.8 Å². The molecule has 16 heavy (non-hydrogen) atoms. The van der Waals surface area contributed by atoms with Crippen LogP contribution in [0.5, 0.6) is 0 Å². The van der Waals surface area contributed by atoms with E-state index in [0.29, 0.717) is 12.1 Å². The van der Waals surface area contributed by atoms with Gasteiger partial charge in [0.1, 0.15) is 0 Å². The van der Waals surface area contributed by atoms with Gasteiger partial charge in [-0.25, -0.2) is 0 Å². The van der Waals surface area contributed by atoms with E-state index in [9.17, 15) is 0 Å². The predicted octanol–water partition coefficient (Wildman–Crippen LogP) is 0.717. The van der Waals surface area contributed by atoms with Gasteiger partial charge in [0.05, 0.1) is 0 Å². The number of piperazine rings is 1. The Bertz CT molecular complexity index is 206. The van der Waals surface area contributed by atoms with Crippen molar-refractivity contribution in [3.05, 3.63) is 0 Å². The van der Waals surface area contributed by atoms with Gasteiger partial charge in [-0.1, -0.05) is 0 Å². The Morgan fingerprint density at radius 1 is 1.19 bits per heavy atom. The highest BCUT2D eigenvalue weighted by atomic mass is 32.2. The van der Waals surface area contributed by atoms with E-state index in [1.807, 2.05) is 0 Å². The smallest absolute Gasteiger partial charge is 0.0193 e. The molecule has 94 valence electrons. The summed E-state index contributed by atoms with van der Waals surface area (Å²) in [5, 5.41) is 3.54. The summed E-state index contributed by atoms with van der Waals surface area (Å²) in [4.78, 5) is 5.26. The molecule has 4 heteroatoms. The van der Waals surface area contributed by atoms with Crippen molar-refractivity contribution in [1.29, 1.82) is 0 Å². The van der Waals surface area contributed by atoms with Crippen LogP contribution in [0.4, 0.5) is 0 Å². The molecule has 0 amide bonds. The van der Waals surface area contributed by atoms with Crippen LogP contribution in [0.1, 0.15) is 13.8 Å². The molecular formula is C12H25N3S. The molecule has 3 nitrogen and oxygen atoms in total. The lowest BCUT2D eigenvalue weighted by molar-refractivity contribution is 0.127. The van der Waals surface area contributed by atoms with Crippen LogP contribution in [0.2, 0.25) is 0 Å². The number of thioether (sulfide) groups is 1. The van der Waals surface area contributed by atoms with Crippen LogP contribution in [0, 0.1) is 0 Å². The average molecular weight is 243 g/mol. The van der Waals surface area contributed by atoms with E-state index in [4.69, 9.17) is 0 Å². The molecule has 0 aliphatic carbocycles. The molecule has 2 aliphatic rings. The van der Waals surface area contributed by atoms with Crippen molar-refractivity contribution < 1.29 is 0 Å². The highest BCUT2D eigenvalue weighted by Crippen LogP contribution is 2.10. The SMILES string of the molecule is CC1CN(CCN2CCSCC2)C(C)CN1. The first kappa shape index (κ1) is 12.7. The van der Waals surface area contributed by atoms with Gasteiger partial charge < -0.3 is 10.2 Å². The third-order valence-electron chi connectivity index (χ3n) is 3.70. The molecule has 2 saturated heterocycles. The highest BCUT2D eigenvalue weighted by molar-refractivity contribution is 7.99. The molecule has 2 rings (SSSR count). The highest BCUT2D eigenvalue weighted by Gasteiger charge is 2.22. The van der Waals surface area contributed by atoms with Crippen molar-refractivity contribution in [3.8, 4) is 0 Å². The van der Waals surface area contributed by atoms with E-state index in [1.54, 1.807) is 0 Å². The van der Waals surface area contributed by atoms with Crippen LogP contribution < -0.4 is 5.32 Å². The summed E-state index contributed by atoms with van der Waals surface area (Å²) in [6, 6.07) is 1.36. The predicted molar refractivity (Wildman–Crippen MR) is 72.3 cm³/mol. The summed E-state index contributed by atoms with van der Waals surface area (Å²) in [6.07, 6.45) is 0. The Morgan fingerprint density at radius 2 is 1.94 bits per heavy atom. The first-order chi connectivity index (χ1) is 7.75. The molecule has 1 N–H and O–H groups in total. The molecule has 0 aromatic rings. The van der Waals surface area contributed by atoms with Crippen LogP contribution in [0.25, 0.3) is 0 Å². The summed E-state index contributed by atoms with van der Waals surface area (Å²) in [7, 11) is 0. The number of hydrogen-bond acceptors (Lipinski definition) is 4. The second kappa shape index (κ2) is 6.24. The van der Waals surface area contributed by atoms with E-state index in [1.165, 1.54) is 44.2 Å². The Balaban J connectivity index is 1.71. The molecule has 2 atom stereocenters. The molecule has 2 aliphatic heterocycles. The Hall–Kier alpha value is 0.230. The normalized spacial score (nSPS) is 34.1. The molecule has 2 heterocycles. The second-order valence-electron chi connectivity index (χ2n) is 5.11. The van der Waals surface area contributed by atoms with E-state index >= 15 is 0 Å². The third kappa shape index (κ3) is 3.62. The Kier molecular flexibility index (Phi) is 4.95. The lowest BCUT2D eigenvalue weighted by Gasteiger charge is -2.39. The minimum Gasteiger partial charge on any atom is -0.311 e. The van der Waals surface area contributed by atoms with Gasteiger partial charge in [-0.2, -0.15) is 11.8 Å². The number of nitrogens with one attached hydrogen (secondary N) is 1. The van der Waals surface area contributed by atoms with Crippen LogP contribution in [-0.4, -0.2) is 72.7 Å². The maximum Gasteiger partial charge on any atom is 0.0193 e. The maximum absolute atomic E-state index is 3.54. The van der Waals surface area contributed by atoms with Crippen molar-refractivity contribution in [2.24, 2.45) is 0 Å². The fourth-order valence-electron chi connectivity index (χ4n) is 2.50. The monoisotopic (exact) mass is 243 g/mol. The van der Waals surface area contributed by atoms with E-state index in [2.05, 4.69) is 40.7 Å². The van der Waals surface area contributed by atoms with Crippen LogP contribution in [0.3, 0.4) is 0 Å². The van der Waals surface area contributed by atoms with Crippen molar-refractivity contribution in [3.63, 3.8) is 0 Å². The minimum atomic E-state index is 0.660. The summed E-state index contributed by atoms with van der Waals surface area (Å²) in [5.74, 6) is 2.65. The van der Waals surface area contributed by atoms with Gasteiger partial charge in [0.25, 0.3) is 0 Å². The molecule has 0 saturated carbocycles. The lowest BCUT2D eigenvalue weighted by Crippen LogP contribution is -2.55. The topological polar surface area (TPSA) is 18.5 Å². The van der Waals surface area contributed by atoms with Gasteiger partial charge in [0.2, 0.25) is 0 Å². The molecular weight excluding hydrogens is 218 g/mol. The first-order valence-electron chi connectivity index (χ1n) is 6.53. The number of hydrogen-bond donors (Lipinski definition) is 1. The zero-order valence-corrected chi connectivity index (χ0v) is 11.4. The van der Waals surface area contributed by atoms with E-state index < -0.39 is 0 Å². The standard InChI is InChI=1S/C12H25N3S/c1-11-10-15(12(2)9-13-11)4-3-14-5-7-16-8-6-14/h11-13H,3-10H2,1-2H3. The van der Waals surface area contributed by atoms with Crippen molar-refractivity contribution in [2.45, 2.75) is 25.9 Å². The first-order valence-corrected chi connectivity index (χ1v) is 7.68. The molecule has 2 fully saturated rings. The molecule has 0 radical (unpaired) electrons. The molecule has 2 unspecified atom stereocenters. The van der Waals surface area contributed by atoms with Crippen LogP contribution in [0.15, 0.2) is 0 Å². The zero-order valence-electron chi connectivity index (χ0n) is 10.6. The molecule has 0 spiro atoms. The second-order valence-corrected chi connectivity index (χ2v) is 6.33. The third-order valence-corrected chi connectivity index (χ3v) is 4.64. The van der Waals surface area contributed by atoms with Gasteiger partial charge in [0.15, 0.2) is 0 Å². The summed E-state index contributed by atoms with van der Waals surface area (Å²) in [6.45, 7) is 12.1. The summed E-state index contributed by atoms with van der Waals surface area (Å²) in [5.41, 5.74) is 0. The molecule has 0 bridgehead atoms. The lowest BCUT2D eigenvalue weighted by atomic mass is 10.1. The Labute approximate surface area is 104 Å². The summed E-state index contributed by atoms with van der Waals surface area (Å²) < 4.78 is 0. The molecule has 0 aromatic heterocycles. The Morgan fingerprint density at radius 3 is 2.69 bits per heavy atom. The fraction of sp³-hybridized carbons (Fsp3) is 1.00.